The van der Waals surface area contributed by atoms with Crippen molar-refractivity contribution in [3.8, 4) is 0 Å². The highest BCUT2D eigenvalue weighted by molar-refractivity contribution is 7.47. The fourth-order valence-corrected chi connectivity index (χ4v) is 7.76. The van der Waals surface area contributed by atoms with Crippen LogP contribution in [0.1, 0.15) is 239 Å². The fourth-order valence-electron chi connectivity index (χ4n) is 6.98. The Morgan fingerprint density at radius 2 is 0.881 bits per heavy atom. The van der Waals surface area contributed by atoms with E-state index in [1.807, 2.05) is 6.08 Å². The minimum Gasteiger partial charge on any atom is -0.498 e. The minimum absolute atomic E-state index is 0.0653. The van der Waals surface area contributed by atoms with Gasteiger partial charge in [0.05, 0.1) is 19.5 Å². The molecule has 0 aliphatic carbocycles. The maximum absolute atomic E-state index is 12.7. The lowest BCUT2D eigenvalue weighted by atomic mass is 10.0. The number of carbonyl (C=O) groups excluding carboxylic acids is 1. The number of hydrogen-bond donors (Lipinski definition) is 3. The summed E-state index contributed by atoms with van der Waals surface area (Å²) in [5.41, 5.74) is 5.36. The molecule has 0 rings (SSSR count). The van der Waals surface area contributed by atoms with Crippen molar-refractivity contribution in [1.82, 2.24) is 0 Å². The molecular weight excluding hydrogens is 766 g/mol. The van der Waals surface area contributed by atoms with E-state index in [0.29, 0.717) is 6.42 Å². The number of unbranched alkanes of at least 4 members (excludes halogenated alkanes) is 31. The Hall–Kier alpha value is -1.71. The molecule has 0 aromatic rings. The summed E-state index contributed by atoms with van der Waals surface area (Å²) in [6.45, 7) is 3.31. The molecule has 0 bridgehead atoms. The molecule has 0 aliphatic rings. The first-order chi connectivity index (χ1) is 28.7. The molecule has 10 nitrogen and oxygen atoms in total. The van der Waals surface area contributed by atoms with Gasteiger partial charge < -0.3 is 25.2 Å². The van der Waals surface area contributed by atoms with Gasteiger partial charge in [-0.1, -0.05) is 199 Å². The molecule has 59 heavy (non-hydrogen) atoms. The van der Waals surface area contributed by atoms with Crippen LogP contribution in [0.25, 0.3) is 0 Å². The number of phosphoric ester groups is 1. The number of allylic oxidation sites excluding steroid dienone is 3. The van der Waals surface area contributed by atoms with Crippen molar-refractivity contribution in [3.05, 3.63) is 24.5 Å². The molecule has 0 spiro atoms. The summed E-state index contributed by atoms with van der Waals surface area (Å²) >= 11 is 0. The Bertz CT molecular complexity index is 1040. The second-order valence-corrected chi connectivity index (χ2v) is 18.1. The van der Waals surface area contributed by atoms with Gasteiger partial charge in [0.15, 0.2) is 6.10 Å². The smallest absolute Gasteiger partial charge is 0.472 e. The Kier molecular flexibility index (Phi) is 43.1. The summed E-state index contributed by atoms with van der Waals surface area (Å²) in [7, 11) is -4.63. The van der Waals surface area contributed by atoms with Crippen LogP contribution in [-0.2, 0) is 32.7 Å². The highest BCUT2D eigenvalue weighted by Crippen LogP contribution is 2.43. The van der Waals surface area contributed by atoms with Gasteiger partial charge in [0.2, 0.25) is 0 Å². The summed E-state index contributed by atoms with van der Waals surface area (Å²) in [6, 6.07) is -1.48. The first kappa shape index (κ1) is 57.3. The Balaban J connectivity index is 4.20. The van der Waals surface area contributed by atoms with Crippen LogP contribution < -0.4 is 5.73 Å². The van der Waals surface area contributed by atoms with E-state index in [0.717, 1.165) is 38.5 Å². The monoisotopic (exact) mass is 858 g/mol. The second kappa shape index (κ2) is 44.3. The first-order valence-electron chi connectivity index (χ1n) is 24.4. The molecule has 0 fully saturated rings. The first-order valence-corrected chi connectivity index (χ1v) is 25.9. The summed E-state index contributed by atoms with van der Waals surface area (Å²) in [4.78, 5) is 33.6. The van der Waals surface area contributed by atoms with Gasteiger partial charge in [-0.15, -0.1) is 0 Å². The highest BCUT2D eigenvalue weighted by Gasteiger charge is 2.27. The van der Waals surface area contributed by atoms with Crippen molar-refractivity contribution in [2.45, 2.75) is 251 Å². The van der Waals surface area contributed by atoms with E-state index in [-0.39, 0.29) is 13.0 Å². The lowest BCUT2D eigenvalue weighted by Gasteiger charge is -2.20. The predicted molar refractivity (Wildman–Crippen MR) is 244 cm³/mol. The average Bonchev–Trinajstić information content (AvgIpc) is 3.21. The van der Waals surface area contributed by atoms with Crippen molar-refractivity contribution in [2.24, 2.45) is 5.73 Å². The highest BCUT2D eigenvalue weighted by atomic mass is 31.2. The number of ether oxygens (including phenoxy) is 2. The number of carboxylic acids is 1. The van der Waals surface area contributed by atoms with E-state index in [9.17, 15) is 19.0 Å². The van der Waals surface area contributed by atoms with Crippen molar-refractivity contribution < 1.29 is 42.7 Å². The standard InChI is InChI=1S/C48H92NO9P/c1-3-5-7-9-11-13-15-17-19-21-23-24-26-28-30-32-34-36-38-40-47(50)58-45(43-56-59(53,54)57-44-46(49)48(51)52)42-55-41-39-37-35-33-31-29-27-25-22-20-18-16-14-12-10-8-6-4-2/h21,23,39,41,45-46H,3-20,22,24-38,40,42-44,49H2,1-2H3,(H,51,52)(H,53,54)/b23-21-,41-39-/t45-,46+/m1/s1. The van der Waals surface area contributed by atoms with Crippen LogP contribution in [0.2, 0.25) is 0 Å². The predicted octanol–water partition coefficient (Wildman–Crippen LogP) is 14.2. The van der Waals surface area contributed by atoms with Crippen LogP contribution in [-0.4, -0.2) is 53.9 Å². The zero-order valence-corrected chi connectivity index (χ0v) is 39.0. The molecule has 348 valence electrons. The number of rotatable bonds is 47. The summed E-state index contributed by atoms with van der Waals surface area (Å²) in [5, 5.41) is 8.91. The second-order valence-electron chi connectivity index (χ2n) is 16.7. The number of carboxylic acid groups (broad SMARTS) is 1. The molecule has 0 saturated carbocycles. The molecule has 4 N–H and O–H groups in total. The zero-order chi connectivity index (χ0) is 43.3. The zero-order valence-electron chi connectivity index (χ0n) is 38.1. The topological polar surface area (TPSA) is 155 Å². The van der Waals surface area contributed by atoms with Crippen molar-refractivity contribution in [2.75, 3.05) is 19.8 Å². The van der Waals surface area contributed by atoms with Crippen LogP contribution in [0.3, 0.4) is 0 Å². The molecule has 0 saturated heterocycles. The normalized spacial score (nSPS) is 13.9. The fraction of sp³-hybridized carbons (Fsp3) is 0.875. The molecule has 0 radical (unpaired) electrons. The number of nitrogens with two attached hydrogens (primary N) is 1. The van der Waals surface area contributed by atoms with Crippen LogP contribution in [0.15, 0.2) is 24.5 Å². The Morgan fingerprint density at radius 3 is 1.29 bits per heavy atom. The molecule has 0 aliphatic heterocycles. The van der Waals surface area contributed by atoms with Crippen molar-refractivity contribution >= 4 is 19.8 Å². The third-order valence-electron chi connectivity index (χ3n) is 10.8. The van der Waals surface area contributed by atoms with Gasteiger partial charge in [-0.2, -0.15) is 0 Å². The van der Waals surface area contributed by atoms with Gasteiger partial charge in [0.25, 0.3) is 0 Å². The summed E-state index contributed by atoms with van der Waals surface area (Å²) in [6.07, 6.45) is 50.3. The van der Waals surface area contributed by atoms with Gasteiger partial charge in [-0.3, -0.25) is 18.6 Å². The average molecular weight is 858 g/mol. The summed E-state index contributed by atoms with van der Waals surface area (Å²) < 4.78 is 33.2. The van der Waals surface area contributed by atoms with E-state index < -0.39 is 45.1 Å². The van der Waals surface area contributed by atoms with Gasteiger partial charge in [-0.05, 0) is 51.0 Å². The summed E-state index contributed by atoms with van der Waals surface area (Å²) in [5.74, 6) is -1.80. The van der Waals surface area contributed by atoms with E-state index >= 15 is 0 Å². The molecular formula is C48H92NO9P. The van der Waals surface area contributed by atoms with Crippen LogP contribution in [0.5, 0.6) is 0 Å². The molecule has 0 heterocycles. The number of aliphatic carboxylic acids is 1. The maximum atomic E-state index is 12.7. The molecule has 11 heteroatoms. The maximum Gasteiger partial charge on any atom is 0.472 e. The Morgan fingerprint density at radius 1 is 0.525 bits per heavy atom. The largest absolute Gasteiger partial charge is 0.498 e. The van der Waals surface area contributed by atoms with E-state index in [4.69, 9.17) is 29.4 Å². The number of phosphoric acid groups is 1. The molecule has 1 unspecified atom stereocenters. The number of carbonyl (C=O) groups is 2. The minimum atomic E-state index is -4.63. The molecule has 0 amide bonds. The lowest BCUT2D eigenvalue weighted by molar-refractivity contribution is -0.153. The van der Waals surface area contributed by atoms with Gasteiger partial charge in [-0.25, -0.2) is 4.57 Å². The van der Waals surface area contributed by atoms with E-state index in [1.165, 1.54) is 173 Å². The van der Waals surface area contributed by atoms with Crippen LogP contribution in [0.4, 0.5) is 0 Å². The van der Waals surface area contributed by atoms with Crippen molar-refractivity contribution in [1.29, 1.82) is 0 Å². The van der Waals surface area contributed by atoms with Crippen LogP contribution >= 0.6 is 7.82 Å². The SMILES string of the molecule is CCCCCCCCCC/C=C\CCCCCCCCCC(=O)O[C@H](CO/C=C\CCCCCCCCCCCCCCCCCC)COP(=O)(O)OC[C@H](N)C(=O)O. The van der Waals surface area contributed by atoms with Gasteiger partial charge in [0.1, 0.15) is 12.6 Å². The van der Waals surface area contributed by atoms with Gasteiger partial charge in [0, 0.05) is 6.42 Å². The Labute approximate surface area is 362 Å². The van der Waals surface area contributed by atoms with Crippen LogP contribution in [0, 0.1) is 0 Å². The van der Waals surface area contributed by atoms with E-state index in [2.05, 4.69) is 26.0 Å². The quantitative estimate of drug-likeness (QED) is 0.0177. The lowest BCUT2D eigenvalue weighted by Crippen LogP contribution is -2.34. The third-order valence-corrected chi connectivity index (χ3v) is 11.7. The number of hydrogen-bond acceptors (Lipinski definition) is 8. The van der Waals surface area contributed by atoms with E-state index in [1.54, 1.807) is 6.26 Å². The van der Waals surface area contributed by atoms with Crippen molar-refractivity contribution in [3.63, 3.8) is 0 Å². The number of esters is 1. The molecule has 3 atom stereocenters. The molecule has 0 aromatic carbocycles. The van der Waals surface area contributed by atoms with Gasteiger partial charge >= 0.3 is 19.8 Å². The third kappa shape index (κ3) is 44.2. The molecule has 0 aromatic heterocycles.